The number of rotatable bonds is 5. The van der Waals surface area contributed by atoms with E-state index in [0.717, 1.165) is 17.5 Å². The van der Waals surface area contributed by atoms with Crippen molar-refractivity contribution in [3.05, 3.63) is 46.1 Å². The topological polar surface area (TPSA) is 98.3 Å². The van der Waals surface area contributed by atoms with E-state index in [1.54, 1.807) is 29.8 Å². The maximum absolute atomic E-state index is 10.6. The van der Waals surface area contributed by atoms with E-state index in [2.05, 4.69) is 5.10 Å². The summed E-state index contributed by atoms with van der Waals surface area (Å²) in [5.74, 6) is -0.984. The Labute approximate surface area is 118 Å². The van der Waals surface area contributed by atoms with E-state index in [1.165, 1.54) is 12.1 Å². The van der Waals surface area contributed by atoms with E-state index >= 15 is 0 Å². The van der Waals surface area contributed by atoms with Gasteiger partial charge in [-0.15, -0.1) is 0 Å². The lowest BCUT2D eigenvalue weighted by atomic mass is 10.3. The van der Waals surface area contributed by atoms with Crippen LogP contribution in [0.25, 0.3) is 5.69 Å². The summed E-state index contributed by atoms with van der Waals surface area (Å²) in [6, 6.07) is 7.70. The minimum Gasteiger partial charge on any atom is -0.481 e. The van der Waals surface area contributed by atoms with E-state index in [9.17, 15) is 14.9 Å². The fourth-order valence-electron chi connectivity index (χ4n) is 1.61. The summed E-state index contributed by atoms with van der Waals surface area (Å²) in [5.41, 5.74) is 1.39. The number of carbonyl (C=O) groups is 1. The molecule has 0 aliphatic carbocycles. The molecule has 0 aliphatic rings. The van der Waals surface area contributed by atoms with Crippen LogP contribution in [0.3, 0.4) is 0 Å². The smallest absolute Gasteiger partial charge is 0.313 e. The molecule has 1 N–H and O–H groups in total. The minimum atomic E-state index is -0.913. The number of carboxylic acids is 1. The fourth-order valence-corrected chi connectivity index (χ4v) is 2.41. The monoisotopic (exact) mass is 293 g/mol. The molecule has 0 spiro atoms. The van der Waals surface area contributed by atoms with E-state index in [4.69, 9.17) is 5.11 Å². The Morgan fingerprint density at radius 2 is 2.10 bits per heavy atom. The second-order valence-electron chi connectivity index (χ2n) is 3.99. The van der Waals surface area contributed by atoms with Gasteiger partial charge in [-0.1, -0.05) is 11.8 Å². The SMILES string of the molecule is Cc1cc(SCC(=O)O)n(-c2ccc([N+](=O)[O-])cc2)n1. The second kappa shape index (κ2) is 5.74. The van der Waals surface area contributed by atoms with Gasteiger partial charge in [-0.05, 0) is 25.1 Å². The van der Waals surface area contributed by atoms with Crippen LogP contribution in [0.5, 0.6) is 0 Å². The number of hydrogen-bond donors (Lipinski definition) is 1. The molecule has 0 bridgehead atoms. The first-order chi connectivity index (χ1) is 9.47. The number of nitro groups is 1. The van der Waals surface area contributed by atoms with E-state index < -0.39 is 10.9 Å². The third-order valence-electron chi connectivity index (χ3n) is 2.45. The van der Waals surface area contributed by atoms with E-state index in [-0.39, 0.29) is 11.4 Å². The quantitative estimate of drug-likeness (QED) is 0.516. The summed E-state index contributed by atoms with van der Waals surface area (Å²) in [5, 5.41) is 24.3. The number of nitrogens with zero attached hydrogens (tertiary/aromatic N) is 3. The zero-order valence-electron chi connectivity index (χ0n) is 10.5. The molecule has 1 heterocycles. The third kappa shape index (κ3) is 3.15. The first kappa shape index (κ1) is 14.1. The van der Waals surface area contributed by atoms with Gasteiger partial charge in [-0.25, -0.2) is 4.68 Å². The van der Waals surface area contributed by atoms with Gasteiger partial charge in [0, 0.05) is 12.1 Å². The van der Waals surface area contributed by atoms with Crippen LogP contribution in [-0.4, -0.2) is 31.5 Å². The molecule has 20 heavy (non-hydrogen) atoms. The van der Waals surface area contributed by atoms with Gasteiger partial charge in [0.05, 0.1) is 22.1 Å². The van der Waals surface area contributed by atoms with Crippen molar-refractivity contribution in [3.63, 3.8) is 0 Å². The van der Waals surface area contributed by atoms with Crippen molar-refractivity contribution < 1.29 is 14.8 Å². The first-order valence-corrected chi connectivity index (χ1v) is 6.62. The van der Waals surface area contributed by atoms with Crippen LogP contribution in [0.1, 0.15) is 5.69 Å². The molecule has 0 saturated heterocycles. The Hall–Kier alpha value is -2.35. The van der Waals surface area contributed by atoms with E-state index in [1.807, 2.05) is 0 Å². The average molecular weight is 293 g/mol. The van der Waals surface area contributed by atoms with Gasteiger partial charge in [0.2, 0.25) is 0 Å². The number of aryl methyl sites for hydroxylation is 1. The summed E-state index contributed by atoms with van der Waals surface area (Å²) in [6.45, 7) is 1.80. The highest BCUT2D eigenvalue weighted by Gasteiger charge is 2.11. The molecule has 0 fully saturated rings. The summed E-state index contributed by atoms with van der Waals surface area (Å²) >= 11 is 1.15. The molecular formula is C12H11N3O4S. The Balaban J connectivity index is 2.31. The lowest BCUT2D eigenvalue weighted by Gasteiger charge is -2.05. The predicted octanol–water partition coefficient (Wildman–Crippen LogP) is 2.27. The van der Waals surface area contributed by atoms with Crippen molar-refractivity contribution in [2.75, 3.05) is 5.75 Å². The molecule has 2 rings (SSSR count). The molecule has 7 nitrogen and oxygen atoms in total. The number of aromatic nitrogens is 2. The van der Waals surface area contributed by atoms with Gasteiger partial charge in [-0.2, -0.15) is 5.10 Å². The largest absolute Gasteiger partial charge is 0.481 e. The van der Waals surface area contributed by atoms with Gasteiger partial charge in [0.25, 0.3) is 5.69 Å². The molecule has 0 saturated carbocycles. The van der Waals surface area contributed by atoms with Gasteiger partial charge in [0.1, 0.15) is 5.03 Å². The number of thioether (sulfide) groups is 1. The Morgan fingerprint density at radius 3 is 2.65 bits per heavy atom. The number of nitro benzene ring substituents is 1. The summed E-state index contributed by atoms with van der Waals surface area (Å²) in [7, 11) is 0. The van der Waals surface area contributed by atoms with Crippen molar-refractivity contribution in [2.45, 2.75) is 11.9 Å². The zero-order chi connectivity index (χ0) is 14.7. The van der Waals surface area contributed by atoms with Crippen LogP contribution in [-0.2, 0) is 4.79 Å². The number of carboxylic acid groups (broad SMARTS) is 1. The third-order valence-corrected chi connectivity index (χ3v) is 3.43. The van der Waals surface area contributed by atoms with Crippen molar-refractivity contribution >= 4 is 23.4 Å². The van der Waals surface area contributed by atoms with Crippen LogP contribution in [0.4, 0.5) is 5.69 Å². The highest BCUT2D eigenvalue weighted by molar-refractivity contribution is 7.99. The maximum Gasteiger partial charge on any atom is 0.313 e. The lowest BCUT2D eigenvalue weighted by molar-refractivity contribution is -0.384. The van der Waals surface area contributed by atoms with E-state index in [0.29, 0.717) is 10.7 Å². The van der Waals surface area contributed by atoms with Crippen molar-refractivity contribution in [2.24, 2.45) is 0 Å². The molecule has 0 aliphatic heterocycles. The standard InChI is InChI=1S/C12H11N3O4S/c1-8-6-11(20-7-12(16)17)14(13-8)9-2-4-10(5-3-9)15(18)19/h2-6H,7H2,1H3,(H,16,17). The van der Waals surface area contributed by atoms with Gasteiger partial charge < -0.3 is 5.11 Å². The number of hydrogen-bond acceptors (Lipinski definition) is 5. The average Bonchev–Trinajstić information content (AvgIpc) is 2.77. The summed E-state index contributed by atoms with van der Waals surface area (Å²) < 4.78 is 1.58. The van der Waals surface area contributed by atoms with Crippen LogP contribution < -0.4 is 0 Å². The molecule has 0 unspecified atom stereocenters. The van der Waals surface area contributed by atoms with Crippen LogP contribution in [0.15, 0.2) is 35.4 Å². The first-order valence-electron chi connectivity index (χ1n) is 5.63. The zero-order valence-corrected chi connectivity index (χ0v) is 11.3. The molecular weight excluding hydrogens is 282 g/mol. The highest BCUT2D eigenvalue weighted by Crippen LogP contribution is 2.24. The second-order valence-corrected chi connectivity index (χ2v) is 4.99. The Kier molecular flexibility index (Phi) is 4.04. The van der Waals surface area contributed by atoms with Crippen molar-refractivity contribution in [3.8, 4) is 5.69 Å². The normalized spacial score (nSPS) is 10.4. The van der Waals surface area contributed by atoms with Crippen molar-refractivity contribution in [1.29, 1.82) is 0 Å². The van der Waals surface area contributed by atoms with Crippen LogP contribution in [0.2, 0.25) is 0 Å². The summed E-state index contributed by atoms with van der Waals surface area (Å²) in [4.78, 5) is 20.8. The molecule has 1 aromatic carbocycles. The maximum atomic E-state index is 10.6. The highest BCUT2D eigenvalue weighted by atomic mass is 32.2. The molecule has 8 heteroatoms. The van der Waals surface area contributed by atoms with Crippen LogP contribution >= 0.6 is 11.8 Å². The Bertz CT molecular complexity index is 651. The van der Waals surface area contributed by atoms with Crippen LogP contribution in [0, 0.1) is 17.0 Å². The van der Waals surface area contributed by atoms with Crippen molar-refractivity contribution in [1.82, 2.24) is 9.78 Å². The number of benzene rings is 1. The lowest BCUT2D eigenvalue weighted by Crippen LogP contribution is -2.02. The summed E-state index contributed by atoms with van der Waals surface area (Å²) in [6.07, 6.45) is 0. The Morgan fingerprint density at radius 1 is 1.45 bits per heavy atom. The van der Waals surface area contributed by atoms with Gasteiger partial charge >= 0.3 is 5.97 Å². The molecule has 0 amide bonds. The molecule has 0 radical (unpaired) electrons. The fraction of sp³-hybridized carbons (Fsp3) is 0.167. The number of non-ortho nitro benzene ring substituents is 1. The molecule has 2 aromatic rings. The minimum absolute atomic E-state index is 0.00244. The predicted molar refractivity (Wildman–Crippen MR) is 73.3 cm³/mol. The molecule has 104 valence electrons. The number of aliphatic carboxylic acids is 1. The molecule has 0 atom stereocenters. The van der Waals surface area contributed by atoms with Gasteiger partial charge in [0.15, 0.2) is 0 Å². The van der Waals surface area contributed by atoms with Gasteiger partial charge in [-0.3, -0.25) is 14.9 Å². The molecule has 1 aromatic heterocycles.